The molecule has 2 amide bonds. The van der Waals surface area contributed by atoms with Crippen LogP contribution in [-0.2, 0) is 4.79 Å². The Labute approximate surface area is 233 Å². The number of likely N-dealkylation sites (N-methyl/N-ethyl adjacent to an activating group) is 1. The Morgan fingerprint density at radius 1 is 0.949 bits per heavy atom. The van der Waals surface area contributed by atoms with Gasteiger partial charge in [-0.3, -0.25) is 9.59 Å². The van der Waals surface area contributed by atoms with E-state index in [0.29, 0.717) is 12.1 Å². The maximum atomic E-state index is 14.0. The maximum absolute atomic E-state index is 14.0. The van der Waals surface area contributed by atoms with Crippen molar-refractivity contribution in [2.75, 3.05) is 52.9 Å². The van der Waals surface area contributed by atoms with Crippen LogP contribution in [0.3, 0.4) is 0 Å². The van der Waals surface area contributed by atoms with Crippen molar-refractivity contribution in [3.05, 3.63) is 65.2 Å². The highest BCUT2D eigenvalue weighted by Crippen LogP contribution is 2.46. The van der Waals surface area contributed by atoms with Crippen molar-refractivity contribution in [2.45, 2.75) is 63.5 Å². The van der Waals surface area contributed by atoms with E-state index >= 15 is 0 Å². The van der Waals surface area contributed by atoms with Crippen molar-refractivity contribution in [3.63, 3.8) is 0 Å². The number of ether oxygens (including phenoxy) is 1. The van der Waals surface area contributed by atoms with Crippen LogP contribution in [0.2, 0.25) is 0 Å². The number of nitrogens with one attached hydrogen (secondary N) is 1. The van der Waals surface area contributed by atoms with Gasteiger partial charge in [-0.25, -0.2) is 0 Å². The maximum Gasteiger partial charge on any atom is 0.254 e. The monoisotopic (exact) mass is 532 g/mol. The first-order valence-corrected chi connectivity index (χ1v) is 14.9. The van der Waals surface area contributed by atoms with Gasteiger partial charge < -0.3 is 24.8 Å². The zero-order chi connectivity index (χ0) is 27.2. The predicted molar refractivity (Wildman–Crippen MR) is 154 cm³/mol. The molecule has 1 N–H and O–H groups in total. The van der Waals surface area contributed by atoms with Crippen molar-refractivity contribution in [1.29, 1.82) is 0 Å². The second-order valence-corrected chi connectivity index (χ2v) is 11.2. The minimum atomic E-state index is -0.456. The molecule has 2 heterocycles. The van der Waals surface area contributed by atoms with Gasteiger partial charge in [0.2, 0.25) is 5.91 Å². The van der Waals surface area contributed by atoms with E-state index in [-0.39, 0.29) is 23.9 Å². The first kappa shape index (κ1) is 27.7. The van der Waals surface area contributed by atoms with Crippen LogP contribution < -0.4 is 10.1 Å². The van der Waals surface area contributed by atoms with E-state index in [0.717, 1.165) is 88.2 Å². The van der Waals surface area contributed by atoms with Gasteiger partial charge in [0.05, 0.1) is 19.1 Å². The fourth-order valence-corrected chi connectivity index (χ4v) is 6.70. The summed E-state index contributed by atoms with van der Waals surface area (Å²) in [5.41, 5.74) is 2.49. The SMILES string of the molecule is CCN1CCN(CCCNC(=O)C2c3ccccc3C(=O)N(C3CCCCC3)C2c2ccc(OC)cc2)CC1. The Kier molecular flexibility index (Phi) is 9.20. The average molecular weight is 533 g/mol. The lowest BCUT2D eigenvalue weighted by molar-refractivity contribution is -0.124. The van der Waals surface area contributed by atoms with Crippen LogP contribution in [0, 0.1) is 0 Å². The largest absolute Gasteiger partial charge is 0.497 e. The molecule has 2 fully saturated rings. The van der Waals surface area contributed by atoms with Crippen LogP contribution in [0.4, 0.5) is 0 Å². The molecule has 1 saturated heterocycles. The molecule has 7 nitrogen and oxygen atoms in total. The molecular formula is C32H44N4O3. The average Bonchev–Trinajstić information content (AvgIpc) is 3.00. The van der Waals surface area contributed by atoms with Gasteiger partial charge >= 0.3 is 0 Å². The van der Waals surface area contributed by atoms with E-state index in [1.807, 2.05) is 48.5 Å². The summed E-state index contributed by atoms with van der Waals surface area (Å²) < 4.78 is 5.41. The van der Waals surface area contributed by atoms with Crippen molar-refractivity contribution in [2.24, 2.45) is 0 Å². The molecule has 0 bridgehead atoms. The van der Waals surface area contributed by atoms with Crippen LogP contribution in [0.1, 0.15) is 78.9 Å². The number of fused-ring (bicyclic) bond motifs is 1. The second kappa shape index (κ2) is 13.0. The molecule has 39 heavy (non-hydrogen) atoms. The molecule has 2 unspecified atom stereocenters. The highest BCUT2D eigenvalue weighted by Gasteiger charge is 2.46. The molecule has 7 heteroatoms. The Bertz CT molecular complexity index is 1110. The Hall–Kier alpha value is -2.90. The van der Waals surface area contributed by atoms with Gasteiger partial charge in [0, 0.05) is 44.3 Å². The fraction of sp³-hybridized carbons (Fsp3) is 0.562. The number of hydrogen-bond donors (Lipinski definition) is 1. The number of nitrogens with zero attached hydrogens (tertiary/aromatic N) is 3. The van der Waals surface area contributed by atoms with Gasteiger partial charge in [0.15, 0.2) is 0 Å². The first-order chi connectivity index (χ1) is 19.1. The molecule has 2 atom stereocenters. The van der Waals surface area contributed by atoms with E-state index in [1.54, 1.807) is 7.11 Å². The number of rotatable bonds is 9. The van der Waals surface area contributed by atoms with E-state index in [9.17, 15) is 9.59 Å². The molecule has 3 aliphatic rings. The molecule has 0 aromatic heterocycles. The standard InChI is InChI=1S/C32H44N4O3/c1-3-34-20-22-35(23-21-34)19-9-18-33-31(37)29-27-12-7-8-13-28(27)32(38)36(25-10-5-4-6-11-25)30(29)24-14-16-26(39-2)17-15-24/h7-8,12-17,25,29-30H,3-6,9-11,18-23H2,1-2H3,(H,33,37). The molecule has 0 spiro atoms. The quantitative estimate of drug-likeness (QED) is 0.484. The lowest BCUT2D eigenvalue weighted by Gasteiger charge is -2.46. The summed E-state index contributed by atoms with van der Waals surface area (Å²) in [6.07, 6.45) is 6.34. The molecule has 1 aliphatic carbocycles. The number of piperazine rings is 1. The minimum absolute atomic E-state index is 0.00683. The summed E-state index contributed by atoms with van der Waals surface area (Å²) in [5.74, 6) is 0.370. The third-order valence-electron chi connectivity index (χ3n) is 8.95. The Morgan fingerprint density at radius 3 is 2.33 bits per heavy atom. The lowest BCUT2D eigenvalue weighted by atomic mass is 9.77. The molecule has 210 valence electrons. The third-order valence-corrected chi connectivity index (χ3v) is 8.95. The van der Waals surface area contributed by atoms with Crippen LogP contribution in [-0.4, -0.2) is 85.5 Å². The summed E-state index contributed by atoms with van der Waals surface area (Å²) in [4.78, 5) is 35.1. The van der Waals surface area contributed by atoms with Crippen LogP contribution in [0.25, 0.3) is 0 Å². The van der Waals surface area contributed by atoms with Gasteiger partial charge in [0.1, 0.15) is 5.75 Å². The minimum Gasteiger partial charge on any atom is -0.497 e. The summed E-state index contributed by atoms with van der Waals surface area (Å²) in [6.45, 7) is 9.39. The molecule has 1 saturated carbocycles. The Balaban J connectivity index is 1.38. The molecule has 2 aromatic carbocycles. The van der Waals surface area contributed by atoms with E-state index in [2.05, 4.69) is 26.9 Å². The predicted octanol–water partition coefficient (Wildman–Crippen LogP) is 4.45. The summed E-state index contributed by atoms with van der Waals surface area (Å²) in [5, 5.41) is 3.27. The van der Waals surface area contributed by atoms with Gasteiger partial charge in [-0.15, -0.1) is 0 Å². The van der Waals surface area contributed by atoms with Crippen LogP contribution in [0.15, 0.2) is 48.5 Å². The van der Waals surface area contributed by atoms with Gasteiger partial charge in [0.25, 0.3) is 5.91 Å². The summed E-state index contributed by atoms with van der Waals surface area (Å²) in [7, 11) is 1.66. The van der Waals surface area contributed by atoms with Gasteiger partial charge in [-0.05, 0) is 61.7 Å². The zero-order valence-corrected chi connectivity index (χ0v) is 23.6. The number of benzene rings is 2. The molecule has 0 radical (unpaired) electrons. The molecule has 5 rings (SSSR count). The molecular weight excluding hydrogens is 488 g/mol. The normalized spacial score (nSPS) is 22.9. The van der Waals surface area contributed by atoms with Crippen molar-refractivity contribution >= 4 is 11.8 Å². The number of hydrogen-bond acceptors (Lipinski definition) is 5. The highest BCUT2D eigenvalue weighted by atomic mass is 16.5. The summed E-state index contributed by atoms with van der Waals surface area (Å²) >= 11 is 0. The lowest BCUT2D eigenvalue weighted by Crippen LogP contribution is -2.52. The van der Waals surface area contributed by atoms with E-state index in [4.69, 9.17) is 4.74 Å². The highest BCUT2D eigenvalue weighted by molar-refractivity contribution is 6.01. The topological polar surface area (TPSA) is 65.1 Å². The number of carbonyl (C=O) groups is 2. The third kappa shape index (κ3) is 6.15. The second-order valence-electron chi connectivity index (χ2n) is 11.2. The van der Waals surface area contributed by atoms with Gasteiger partial charge in [-0.1, -0.05) is 56.5 Å². The van der Waals surface area contributed by atoms with Gasteiger partial charge in [-0.2, -0.15) is 0 Å². The molecule has 2 aromatic rings. The number of carbonyl (C=O) groups excluding carboxylic acids is 2. The number of methoxy groups -OCH3 is 1. The molecule has 2 aliphatic heterocycles. The van der Waals surface area contributed by atoms with Crippen molar-refractivity contribution < 1.29 is 14.3 Å². The number of amides is 2. The smallest absolute Gasteiger partial charge is 0.254 e. The Morgan fingerprint density at radius 2 is 1.64 bits per heavy atom. The van der Waals surface area contributed by atoms with Crippen LogP contribution >= 0.6 is 0 Å². The fourth-order valence-electron chi connectivity index (χ4n) is 6.70. The van der Waals surface area contributed by atoms with Crippen LogP contribution in [0.5, 0.6) is 5.75 Å². The van der Waals surface area contributed by atoms with E-state index in [1.165, 1.54) is 6.42 Å². The first-order valence-electron chi connectivity index (χ1n) is 14.9. The van der Waals surface area contributed by atoms with E-state index < -0.39 is 5.92 Å². The van der Waals surface area contributed by atoms with Crippen molar-refractivity contribution in [1.82, 2.24) is 20.0 Å². The summed E-state index contributed by atoms with van der Waals surface area (Å²) in [6, 6.07) is 15.5. The zero-order valence-electron chi connectivity index (χ0n) is 23.6. The van der Waals surface area contributed by atoms with Crippen molar-refractivity contribution in [3.8, 4) is 5.75 Å².